The Morgan fingerprint density at radius 3 is 2.62 bits per heavy atom. The molecule has 1 unspecified atom stereocenters. The number of hydrogen-bond donors (Lipinski definition) is 1. The Morgan fingerprint density at radius 1 is 1.25 bits per heavy atom. The van der Waals surface area contributed by atoms with Crippen molar-refractivity contribution in [1.82, 2.24) is 4.98 Å². The van der Waals surface area contributed by atoms with Crippen LogP contribution in [-0.4, -0.2) is 4.98 Å². The highest BCUT2D eigenvalue weighted by atomic mass is 79.9. The minimum absolute atomic E-state index is 0.0429. The van der Waals surface area contributed by atoms with Gasteiger partial charge in [0.2, 0.25) is 0 Å². The molecule has 0 aliphatic rings. The Kier molecular flexibility index (Phi) is 4.13. The minimum Gasteiger partial charge on any atom is -0.322 e. The second-order valence-corrected chi connectivity index (χ2v) is 6.88. The lowest BCUT2D eigenvalue weighted by molar-refractivity contribution is 0.703. The van der Waals surface area contributed by atoms with Crippen molar-refractivity contribution >= 4 is 43.2 Å². The standard InChI is InChI=1S/C11H10Br2N2S/c12-7-1-3-10(15-6-7)9(14)5-8-2-4-11(13)16-8/h1-4,6,9H,5,14H2. The molecule has 0 aromatic carbocycles. The second-order valence-electron chi connectivity index (χ2n) is 3.42. The molecule has 0 aliphatic heterocycles. The van der Waals surface area contributed by atoms with Gasteiger partial charge in [-0.15, -0.1) is 11.3 Å². The maximum atomic E-state index is 6.10. The van der Waals surface area contributed by atoms with E-state index >= 15 is 0 Å². The summed E-state index contributed by atoms with van der Waals surface area (Å²) < 4.78 is 2.11. The fraction of sp³-hybridized carbons (Fsp3) is 0.182. The van der Waals surface area contributed by atoms with Gasteiger partial charge in [-0.1, -0.05) is 0 Å². The zero-order valence-corrected chi connectivity index (χ0v) is 12.3. The smallest absolute Gasteiger partial charge is 0.0701 e. The molecular weight excluding hydrogens is 352 g/mol. The van der Waals surface area contributed by atoms with Crippen LogP contribution in [-0.2, 0) is 6.42 Å². The van der Waals surface area contributed by atoms with Crippen molar-refractivity contribution in [2.45, 2.75) is 12.5 Å². The van der Waals surface area contributed by atoms with Crippen LogP contribution in [0.4, 0.5) is 0 Å². The summed E-state index contributed by atoms with van der Waals surface area (Å²) in [6.07, 6.45) is 2.60. The van der Waals surface area contributed by atoms with Gasteiger partial charge in [-0.3, -0.25) is 4.98 Å². The highest BCUT2D eigenvalue weighted by molar-refractivity contribution is 9.11. The van der Waals surface area contributed by atoms with Crippen LogP contribution in [0.15, 0.2) is 38.7 Å². The molecule has 1 atom stereocenters. The van der Waals surface area contributed by atoms with E-state index in [0.717, 1.165) is 20.4 Å². The van der Waals surface area contributed by atoms with Crippen molar-refractivity contribution < 1.29 is 0 Å². The Hall–Kier alpha value is -0.230. The van der Waals surface area contributed by atoms with Gasteiger partial charge in [-0.05, 0) is 56.1 Å². The first kappa shape index (κ1) is 12.2. The Balaban J connectivity index is 2.08. The van der Waals surface area contributed by atoms with E-state index in [4.69, 9.17) is 5.73 Å². The van der Waals surface area contributed by atoms with Crippen LogP contribution in [0.25, 0.3) is 0 Å². The molecule has 84 valence electrons. The highest BCUT2D eigenvalue weighted by Crippen LogP contribution is 2.25. The molecule has 2 N–H and O–H groups in total. The summed E-state index contributed by atoms with van der Waals surface area (Å²) in [7, 11) is 0. The number of aromatic nitrogens is 1. The van der Waals surface area contributed by atoms with E-state index in [9.17, 15) is 0 Å². The largest absolute Gasteiger partial charge is 0.322 e. The minimum atomic E-state index is -0.0429. The molecule has 0 bridgehead atoms. The van der Waals surface area contributed by atoms with Gasteiger partial charge in [0.1, 0.15) is 0 Å². The average molecular weight is 362 g/mol. The zero-order valence-electron chi connectivity index (χ0n) is 8.36. The second kappa shape index (κ2) is 5.40. The normalized spacial score (nSPS) is 12.7. The third kappa shape index (κ3) is 3.13. The van der Waals surface area contributed by atoms with E-state index in [-0.39, 0.29) is 6.04 Å². The lowest BCUT2D eigenvalue weighted by atomic mass is 10.1. The van der Waals surface area contributed by atoms with Crippen LogP contribution in [0.5, 0.6) is 0 Å². The van der Waals surface area contributed by atoms with Gasteiger partial charge in [-0.25, -0.2) is 0 Å². The molecular formula is C11H10Br2N2S. The number of nitrogens with two attached hydrogens (primary N) is 1. The van der Waals surface area contributed by atoms with Crippen molar-refractivity contribution in [2.75, 3.05) is 0 Å². The van der Waals surface area contributed by atoms with Gasteiger partial charge < -0.3 is 5.73 Å². The van der Waals surface area contributed by atoms with Crippen LogP contribution >= 0.6 is 43.2 Å². The average Bonchev–Trinajstić information content (AvgIpc) is 2.65. The molecule has 2 aromatic heterocycles. The van der Waals surface area contributed by atoms with E-state index in [1.165, 1.54) is 4.88 Å². The quantitative estimate of drug-likeness (QED) is 0.899. The highest BCUT2D eigenvalue weighted by Gasteiger charge is 2.09. The fourth-order valence-electron chi connectivity index (χ4n) is 1.39. The topological polar surface area (TPSA) is 38.9 Å². The van der Waals surface area contributed by atoms with Crippen LogP contribution in [0.2, 0.25) is 0 Å². The predicted molar refractivity (Wildman–Crippen MR) is 74.6 cm³/mol. The summed E-state index contributed by atoms with van der Waals surface area (Å²) in [5, 5.41) is 0. The van der Waals surface area contributed by atoms with Crippen molar-refractivity contribution in [2.24, 2.45) is 5.73 Å². The first-order chi connectivity index (χ1) is 7.65. The van der Waals surface area contributed by atoms with Crippen LogP contribution in [0, 0.1) is 0 Å². The lowest BCUT2D eigenvalue weighted by Crippen LogP contribution is -2.14. The van der Waals surface area contributed by atoms with E-state index in [2.05, 4.69) is 42.9 Å². The molecule has 2 aromatic rings. The van der Waals surface area contributed by atoms with Crippen molar-refractivity contribution in [1.29, 1.82) is 0 Å². The molecule has 2 heterocycles. The Bertz CT molecular complexity index is 467. The van der Waals surface area contributed by atoms with E-state index in [1.54, 1.807) is 17.5 Å². The number of hydrogen-bond acceptors (Lipinski definition) is 3. The molecule has 0 aliphatic carbocycles. The van der Waals surface area contributed by atoms with Crippen molar-refractivity contribution in [3.63, 3.8) is 0 Å². The summed E-state index contributed by atoms with van der Waals surface area (Å²) in [5.74, 6) is 0. The third-order valence-corrected chi connectivity index (χ3v) is 4.30. The Morgan fingerprint density at radius 2 is 2.06 bits per heavy atom. The van der Waals surface area contributed by atoms with Crippen LogP contribution < -0.4 is 5.73 Å². The molecule has 2 nitrogen and oxygen atoms in total. The van der Waals surface area contributed by atoms with Gasteiger partial charge in [0.25, 0.3) is 0 Å². The first-order valence-electron chi connectivity index (χ1n) is 4.76. The van der Waals surface area contributed by atoms with Gasteiger partial charge >= 0.3 is 0 Å². The van der Waals surface area contributed by atoms with Crippen molar-refractivity contribution in [3.8, 4) is 0 Å². The number of pyridine rings is 1. The molecule has 0 amide bonds. The van der Waals surface area contributed by atoms with E-state index in [0.29, 0.717) is 0 Å². The molecule has 16 heavy (non-hydrogen) atoms. The fourth-order valence-corrected chi connectivity index (χ4v) is 3.17. The molecule has 0 spiro atoms. The molecule has 0 radical (unpaired) electrons. The summed E-state index contributed by atoms with van der Waals surface area (Å²) in [4.78, 5) is 5.57. The number of nitrogens with zero attached hydrogens (tertiary/aromatic N) is 1. The van der Waals surface area contributed by atoms with Gasteiger partial charge in [0.05, 0.1) is 15.5 Å². The van der Waals surface area contributed by atoms with Gasteiger partial charge in [0, 0.05) is 22.0 Å². The van der Waals surface area contributed by atoms with Crippen LogP contribution in [0.1, 0.15) is 16.6 Å². The summed E-state index contributed by atoms with van der Waals surface area (Å²) in [6.45, 7) is 0. The van der Waals surface area contributed by atoms with Crippen molar-refractivity contribution in [3.05, 3.63) is 49.3 Å². The van der Waals surface area contributed by atoms with Gasteiger partial charge in [-0.2, -0.15) is 0 Å². The number of thiophene rings is 1. The van der Waals surface area contributed by atoms with Crippen LogP contribution in [0.3, 0.4) is 0 Å². The third-order valence-electron chi connectivity index (χ3n) is 2.18. The summed E-state index contributed by atoms with van der Waals surface area (Å²) in [5.41, 5.74) is 7.02. The molecule has 0 saturated heterocycles. The molecule has 0 fully saturated rings. The van der Waals surface area contributed by atoms with Gasteiger partial charge in [0.15, 0.2) is 0 Å². The maximum absolute atomic E-state index is 6.10. The number of halogens is 2. The maximum Gasteiger partial charge on any atom is 0.0701 e. The van der Waals surface area contributed by atoms with E-state index < -0.39 is 0 Å². The summed E-state index contributed by atoms with van der Waals surface area (Å²) >= 11 is 8.51. The lowest BCUT2D eigenvalue weighted by Gasteiger charge is -2.09. The molecule has 0 saturated carbocycles. The monoisotopic (exact) mass is 360 g/mol. The zero-order chi connectivity index (χ0) is 11.5. The SMILES string of the molecule is NC(Cc1ccc(Br)s1)c1ccc(Br)cn1. The first-order valence-corrected chi connectivity index (χ1v) is 7.16. The molecule has 2 rings (SSSR count). The van der Waals surface area contributed by atoms with E-state index in [1.807, 2.05) is 18.2 Å². The number of rotatable bonds is 3. The summed E-state index contributed by atoms with van der Waals surface area (Å²) in [6, 6.07) is 8.01. The predicted octanol–water partition coefficient (Wildman–Crippen LogP) is 3.91. The molecule has 5 heteroatoms. The Labute approximate surface area is 115 Å².